The number of hydrogen-bond donors (Lipinski definition) is 1. The third kappa shape index (κ3) is 2.68. The van der Waals surface area contributed by atoms with Gasteiger partial charge in [0.25, 0.3) is 0 Å². The summed E-state index contributed by atoms with van der Waals surface area (Å²) < 4.78 is 0. The van der Waals surface area contributed by atoms with Gasteiger partial charge in [0.15, 0.2) is 0 Å². The number of aryl methyl sites for hydroxylation is 3. The summed E-state index contributed by atoms with van der Waals surface area (Å²) >= 11 is 0. The van der Waals surface area contributed by atoms with Gasteiger partial charge in [0.05, 0.1) is 11.7 Å². The highest BCUT2D eigenvalue weighted by atomic mass is 14.9. The molecule has 0 aliphatic heterocycles. The molecule has 0 saturated carbocycles. The molecule has 1 aromatic heterocycles. The first-order chi connectivity index (χ1) is 8.06. The maximum Gasteiger partial charge on any atom is 0.125 e. The fourth-order valence-electron chi connectivity index (χ4n) is 2.01. The van der Waals surface area contributed by atoms with Crippen molar-refractivity contribution in [3.8, 4) is 0 Å². The molecule has 0 bridgehead atoms. The Morgan fingerprint density at radius 3 is 2.29 bits per heavy atom. The van der Waals surface area contributed by atoms with Crippen LogP contribution in [-0.4, -0.2) is 9.97 Å². The molecular weight excluding hydrogens is 210 g/mol. The third-order valence-corrected chi connectivity index (χ3v) is 2.72. The highest BCUT2D eigenvalue weighted by molar-refractivity contribution is 5.34. The van der Waals surface area contributed by atoms with Crippen LogP contribution in [0.15, 0.2) is 30.5 Å². The molecule has 0 saturated heterocycles. The first kappa shape index (κ1) is 11.7. The highest BCUT2D eigenvalue weighted by Gasteiger charge is 2.11. The topological polar surface area (TPSA) is 51.8 Å². The van der Waals surface area contributed by atoms with Crippen molar-refractivity contribution in [2.24, 2.45) is 5.73 Å². The summed E-state index contributed by atoms with van der Waals surface area (Å²) in [5, 5.41) is 0. The van der Waals surface area contributed by atoms with Crippen molar-refractivity contribution in [2.45, 2.75) is 26.8 Å². The fourth-order valence-corrected chi connectivity index (χ4v) is 2.01. The van der Waals surface area contributed by atoms with E-state index in [0.717, 1.165) is 17.1 Å². The van der Waals surface area contributed by atoms with Crippen molar-refractivity contribution in [3.05, 3.63) is 58.7 Å². The van der Waals surface area contributed by atoms with E-state index in [1.807, 2.05) is 13.0 Å². The van der Waals surface area contributed by atoms with E-state index in [1.54, 1.807) is 6.20 Å². The average Bonchev–Trinajstić information content (AvgIpc) is 2.26. The van der Waals surface area contributed by atoms with Gasteiger partial charge in [0, 0.05) is 6.20 Å². The molecule has 0 fully saturated rings. The van der Waals surface area contributed by atoms with Gasteiger partial charge in [-0.15, -0.1) is 0 Å². The molecule has 0 aliphatic carbocycles. The van der Waals surface area contributed by atoms with Crippen LogP contribution in [0.3, 0.4) is 0 Å². The van der Waals surface area contributed by atoms with Crippen molar-refractivity contribution < 1.29 is 0 Å². The van der Waals surface area contributed by atoms with Gasteiger partial charge in [0.2, 0.25) is 0 Å². The van der Waals surface area contributed by atoms with Crippen LogP contribution in [0, 0.1) is 20.8 Å². The predicted molar refractivity (Wildman–Crippen MR) is 68.7 cm³/mol. The summed E-state index contributed by atoms with van der Waals surface area (Å²) in [6, 6.07) is 8.04. The fraction of sp³-hybridized carbons (Fsp3) is 0.286. The van der Waals surface area contributed by atoms with E-state index in [-0.39, 0.29) is 6.04 Å². The summed E-state index contributed by atoms with van der Waals surface area (Å²) in [6.45, 7) is 6.03. The molecule has 2 aromatic rings. The number of nitrogens with zero attached hydrogens (tertiary/aromatic N) is 2. The Kier molecular flexibility index (Phi) is 3.20. The largest absolute Gasteiger partial charge is 0.319 e. The van der Waals surface area contributed by atoms with Crippen LogP contribution < -0.4 is 5.73 Å². The lowest BCUT2D eigenvalue weighted by Crippen LogP contribution is -2.14. The van der Waals surface area contributed by atoms with E-state index in [4.69, 9.17) is 5.73 Å². The molecule has 17 heavy (non-hydrogen) atoms. The zero-order valence-corrected chi connectivity index (χ0v) is 10.4. The monoisotopic (exact) mass is 227 g/mol. The quantitative estimate of drug-likeness (QED) is 0.857. The van der Waals surface area contributed by atoms with Crippen LogP contribution in [-0.2, 0) is 0 Å². The minimum absolute atomic E-state index is 0.185. The number of hydrogen-bond acceptors (Lipinski definition) is 3. The molecule has 1 atom stereocenters. The van der Waals surface area contributed by atoms with Crippen LogP contribution in [0.4, 0.5) is 0 Å². The zero-order valence-electron chi connectivity index (χ0n) is 10.4. The summed E-state index contributed by atoms with van der Waals surface area (Å²) in [6.07, 6.45) is 1.75. The molecule has 0 radical (unpaired) electrons. The Hall–Kier alpha value is -1.74. The van der Waals surface area contributed by atoms with Gasteiger partial charge >= 0.3 is 0 Å². The number of aromatic nitrogens is 2. The molecule has 0 aliphatic rings. The van der Waals surface area contributed by atoms with Gasteiger partial charge in [-0.1, -0.05) is 29.3 Å². The number of benzene rings is 1. The lowest BCUT2D eigenvalue weighted by molar-refractivity contribution is 0.805. The van der Waals surface area contributed by atoms with Crippen molar-refractivity contribution >= 4 is 0 Å². The molecule has 3 heteroatoms. The van der Waals surface area contributed by atoms with E-state index in [1.165, 1.54) is 11.1 Å². The van der Waals surface area contributed by atoms with Crippen molar-refractivity contribution in [1.29, 1.82) is 0 Å². The Bertz CT molecular complexity index is 514. The summed E-state index contributed by atoms with van der Waals surface area (Å²) in [5.41, 5.74) is 10.6. The maximum absolute atomic E-state index is 6.23. The van der Waals surface area contributed by atoms with Crippen molar-refractivity contribution in [3.63, 3.8) is 0 Å². The minimum Gasteiger partial charge on any atom is -0.319 e. The molecule has 0 spiro atoms. The predicted octanol–water partition coefficient (Wildman–Crippen LogP) is 2.45. The van der Waals surface area contributed by atoms with Crippen LogP contribution in [0.1, 0.15) is 34.3 Å². The molecule has 2 N–H and O–H groups in total. The number of rotatable bonds is 2. The second-order valence-corrected chi connectivity index (χ2v) is 4.43. The third-order valence-electron chi connectivity index (χ3n) is 2.72. The Morgan fingerprint density at radius 1 is 1.06 bits per heavy atom. The second-order valence-electron chi connectivity index (χ2n) is 4.43. The zero-order chi connectivity index (χ0) is 12.4. The molecular formula is C14H17N3. The molecule has 1 heterocycles. The van der Waals surface area contributed by atoms with Crippen LogP contribution >= 0.6 is 0 Å². The van der Waals surface area contributed by atoms with Gasteiger partial charge in [-0.05, 0) is 32.4 Å². The van der Waals surface area contributed by atoms with Crippen molar-refractivity contribution in [2.75, 3.05) is 0 Å². The van der Waals surface area contributed by atoms with Gasteiger partial charge < -0.3 is 5.73 Å². The van der Waals surface area contributed by atoms with Gasteiger partial charge in [-0.25, -0.2) is 9.97 Å². The highest BCUT2D eigenvalue weighted by Crippen LogP contribution is 2.20. The first-order valence-electron chi connectivity index (χ1n) is 5.69. The molecule has 3 nitrogen and oxygen atoms in total. The van der Waals surface area contributed by atoms with E-state index in [0.29, 0.717) is 0 Å². The average molecular weight is 227 g/mol. The van der Waals surface area contributed by atoms with Crippen LogP contribution in [0.5, 0.6) is 0 Å². The van der Waals surface area contributed by atoms with E-state index >= 15 is 0 Å². The number of nitrogens with two attached hydrogens (primary N) is 1. The Balaban J connectivity index is 2.39. The van der Waals surface area contributed by atoms with E-state index in [2.05, 4.69) is 42.0 Å². The van der Waals surface area contributed by atoms with E-state index in [9.17, 15) is 0 Å². The first-order valence-corrected chi connectivity index (χ1v) is 5.69. The SMILES string of the molecule is Cc1cc(C)cc(C(N)c2ccnc(C)n2)c1. The molecule has 1 unspecified atom stereocenters. The second kappa shape index (κ2) is 4.63. The normalized spacial score (nSPS) is 12.5. The lowest BCUT2D eigenvalue weighted by atomic mass is 10.00. The van der Waals surface area contributed by atoms with Crippen LogP contribution in [0.25, 0.3) is 0 Å². The minimum atomic E-state index is -0.185. The van der Waals surface area contributed by atoms with E-state index < -0.39 is 0 Å². The Labute approximate surface area is 102 Å². The van der Waals surface area contributed by atoms with Gasteiger partial charge in [-0.2, -0.15) is 0 Å². The molecule has 1 aromatic carbocycles. The molecule has 2 rings (SSSR count). The Morgan fingerprint density at radius 2 is 1.71 bits per heavy atom. The standard InChI is InChI=1S/C14H17N3/c1-9-6-10(2)8-12(7-9)14(15)13-4-5-16-11(3)17-13/h4-8,14H,15H2,1-3H3. The van der Waals surface area contributed by atoms with Gasteiger partial charge in [0.1, 0.15) is 5.82 Å². The summed E-state index contributed by atoms with van der Waals surface area (Å²) in [5.74, 6) is 0.752. The molecule has 88 valence electrons. The summed E-state index contributed by atoms with van der Waals surface area (Å²) in [7, 11) is 0. The van der Waals surface area contributed by atoms with Gasteiger partial charge in [-0.3, -0.25) is 0 Å². The summed E-state index contributed by atoms with van der Waals surface area (Å²) in [4.78, 5) is 8.46. The van der Waals surface area contributed by atoms with Crippen LogP contribution in [0.2, 0.25) is 0 Å². The van der Waals surface area contributed by atoms with Crippen molar-refractivity contribution in [1.82, 2.24) is 9.97 Å². The smallest absolute Gasteiger partial charge is 0.125 e. The lowest BCUT2D eigenvalue weighted by Gasteiger charge is -2.13. The molecule has 0 amide bonds. The maximum atomic E-state index is 6.23.